The van der Waals surface area contributed by atoms with Gasteiger partial charge < -0.3 is 13.9 Å². The molecule has 0 saturated heterocycles. The first-order valence-electron chi connectivity index (χ1n) is 10.4. The van der Waals surface area contributed by atoms with Crippen LogP contribution in [0.3, 0.4) is 0 Å². The van der Waals surface area contributed by atoms with Crippen LogP contribution in [0.2, 0.25) is 18.1 Å². The van der Waals surface area contributed by atoms with Gasteiger partial charge in [0.25, 0.3) is 0 Å². The molecule has 0 fully saturated rings. The van der Waals surface area contributed by atoms with Gasteiger partial charge in [0.05, 0.1) is 18.6 Å². The van der Waals surface area contributed by atoms with Crippen LogP contribution < -0.4 is 0 Å². The Labute approximate surface area is 178 Å². The molecule has 0 bridgehead atoms. The molecule has 29 heavy (non-hydrogen) atoms. The molecule has 0 aliphatic carbocycles. The molecule has 0 spiro atoms. The Hall–Kier alpha value is -1.43. The molecule has 4 nitrogen and oxygen atoms in total. The Balaban J connectivity index is 2.99. The molecule has 0 aromatic heterocycles. The number of esters is 1. The minimum atomic E-state index is -1.99. The molecule has 0 aliphatic rings. The Kier molecular flexibility index (Phi) is 9.32. The van der Waals surface area contributed by atoms with E-state index in [0.29, 0.717) is 19.6 Å². The fourth-order valence-electron chi connectivity index (χ4n) is 2.31. The van der Waals surface area contributed by atoms with Gasteiger partial charge in [-0.1, -0.05) is 57.2 Å². The second kappa shape index (κ2) is 10.6. The molecular formula is C24H40O4Si. The summed E-state index contributed by atoms with van der Waals surface area (Å²) in [6.07, 6.45) is 1.58. The molecule has 5 heteroatoms. The monoisotopic (exact) mass is 420 g/mol. The standard InChI is InChI=1S/C24H40O4Si/c1-10-14-20(26-17-19-15-12-11-13-16-19)21(28-22(25)23(2,3)4)18-27-29(8,9)24(5,6)7/h10-13,15-16,20-21H,1,14,17-18H2,2-9H3/t20-,21+/m0/s1. The predicted molar refractivity (Wildman–Crippen MR) is 122 cm³/mol. The van der Waals surface area contributed by atoms with Crippen molar-refractivity contribution in [2.24, 2.45) is 5.41 Å². The minimum Gasteiger partial charge on any atom is -0.457 e. The number of carbonyl (C=O) groups excluding carboxylic acids is 1. The maximum atomic E-state index is 12.6. The highest BCUT2D eigenvalue weighted by Gasteiger charge is 2.39. The molecule has 1 aromatic carbocycles. The normalized spacial score (nSPS) is 14.9. The average Bonchev–Trinajstić information content (AvgIpc) is 2.61. The van der Waals surface area contributed by atoms with Gasteiger partial charge in [0.2, 0.25) is 0 Å². The smallest absolute Gasteiger partial charge is 0.311 e. The summed E-state index contributed by atoms with van der Waals surface area (Å²) < 4.78 is 18.5. The first-order chi connectivity index (χ1) is 13.3. The van der Waals surface area contributed by atoms with Crippen LogP contribution in [0.4, 0.5) is 0 Å². The Morgan fingerprint density at radius 2 is 1.66 bits per heavy atom. The van der Waals surface area contributed by atoms with E-state index in [1.165, 1.54) is 0 Å². The van der Waals surface area contributed by atoms with Crippen LogP contribution in [-0.2, 0) is 25.3 Å². The van der Waals surface area contributed by atoms with Crippen molar-refractivity contribution in [1.82, 2.24) is 0 Å². The lowest BCUT2D eigenvalue weighted by Gasteiger charge is -2.38. The van der Waals surface area contributed by atoms with Crippen molar-refractivity contribution in [2.75, 3.05) is 6.61 Å². The van der Waals surface area contributed by atoms with E-state index in [1.807, 2.05) is 51.1 Å². The Bertz CT molecular complexity index is 641. The van der Waals surface area contributed by atoms with Crippen LogP contribution in [-0.4, -0.2) is 33.1 Å². The van der Waals surface area contributed by atoms with Crippen molar-refractivity contribution in [3.8, 4) is 0 Å². The summed E-state index contributed by atoms with van der Waals surface area (Å²) in [4.78, 5) is 12.6. The van der Waals surface area contributed by atoms with E-state index in [2.05, 4.69) is 40.4 Å². The summed E-state index contributed by atoms with van der Waals surface area (Å²) in [6.45, 7) is 21.2. The summed E-state index contributed by atoms with van der Waals surface area (Å²) in [7, 11) is -1.99. The summed E-state index contributed by atoms with van der Waals surface area (Å²) in [5.41, 5.74) is 0.487. The van der Waals surface area contributed by atoms with Crippen LogP contribution in [0.1, 0.15) is 53.5 Å². The molecule has 164 valence electrons. The fraction of sp³-hybridized carbons (Fsp3) is 0.625. The van der Waals surface area contributed by atoms with Gasteiger partial charge in [-0.3, -0.25) is 4.79 Å². The maximum absolute atomic E-state index is 12.6. The third-order valence-corrected chi connectivity index (χ3v) is 9.91. The van der Waals surface area contributed by atoms with Crippen LogP contribution >= 0.6 is 0 Å². The molecule has 1 rings (SSSR count). The third kappa shape index (κ3) is 8.45. The van der Waals surface area contributed by atoms with E-state index in [-0.39, 0.29) is 17.1 Å². The number of benzene rings is 1. The van der Waals surface area contributed by atoms with E-state index in [4.69, 9.17) is 13.9 Å². The summed E-state index contributed by atoms with van der Waals surface area (Å²) in [6, 6.07) is 9.99. The largest absolute Gasteiger partial charge is 0.457 e. The van der Waals surface area contributed by atoms with Crippen molar-refractivity contribution in [3.63, 3.8) is 0 Å². The molecule has 0 aliphatic heterocycles. The zero-order valence-corrected chi connectivity index (χ0v) is 20.6. The lowest BCUT2D eigenvalue weighted by atomic mass is 9.97. The van der Waals surface area contributed by atoms with Gasteiger partial charge in [-0.2, -0.15) is 0 Å². The first-order valence-corrected chi connectivity index (χ1v) is 13.3. The van der Waals surface area contributed by atoms with Gasteiger partial charge in [0.1, 0.15) is 6.10 Å². The SMILES string of the molecule is C=CC[C@H](OCc1ccccc1)[C@@H](CO[Si](C)(C)C(C)(C)C)OC(=O)C(C)(C)C. The van der Waals surface area contributed by atoms with E-state index in [0.717, 1.165) is 5.56 Å². The lowest BCUT2D eigenvalue weighted by Crippen LogP contribution is -2.46. The molecule has 0 radical (unpaired) electrons. The number of carbonyl (C=O) groups is 1. The highest BCUT2D eigenvalue weighted by molar-refractivity contribution is 6.74. The Morgan fingerprint density at radius 3 is 2.14 bits per heavy atom. The van der Waals surface area contributed by atoms with Crippen LogP contribution in [0.15, 0.2) is 43.0 Å². The maximum Gasteiger partial charge on any atom is 0.311 e. The van der Waals surface area contributed by atoms with Crippen LogP contribution in [0, 0.1) is 5.41 Å². The molecule has 0 heterocycles. The van der Waals surface area contributed by atoms with Crippen molar-refractivity contribution >= 4 is 14.3 Å². The summed E-state index contributed by atoms with van der Waals surface area (Å²) in [5.74, 6) is -0.251. The van der Waals surface area contributed by atoms with E-state index >= 15 is 0 Å². The summed E-state index contributed by atoms with van der Waals surface area (Å²) in [5, 5.41) is 0.0738. The summed E-state index contributed by atoms with van der Waals surface area (Å²) >= 11 is 0. The molecule has 0 amide bonds. The molecule has 0 N–H and O–H groups in total. The number of rotatable bonds is 10. The van der Waals surface area contributed by atoms with Crippen molar-refractivity contribution < 1.29 is 18.7 Å². The van der Waals surface area contributed by atoms with Gasteiger partial charge in [-0.25, -0.2) is 0 Å². The fourth-order valence-corrected chi connectivity index (χ4v) is 3.32. The van der Waals surface area contributed by atoms with Gasteiger partial charge in [-0.05, 0) is 50.9 Å². The van der Waals surface area contributed by atoms with Crippen LogP contribution in [0.5, 0.6) is 0 Å². The first kappa shape index (κ1) is 25.6. The minimum absolute atomic E-state index is 0.0738. The predicted octanol–water partition coefficient (Wildman–Crippen LogP) is 6.13. The van der Waals surface area contributed by atoms with Gasteiger partial charge in [0.15, 0.2) is 14.4 Å². The second-order valence-corrected chi connectivity index (χ2v) is 14.9. The molecule has 0 saturated carbocycles. The molecular weight excluding hydrogens is 380 g/mol. The van der Waals surface area contributed by atoms with E-state index in [9.17, 15) is 4.79 Å². The van der Waals surface area contributed by atoms with E-state index in [1.54, 1.807) is 6.08 Å². The highest BCUT2D eigenvalue weighted by Crippen LogP contribution is 2.37. The van der Waals surface area contributed by atoms with Gasteiger partial charge >= 0.3 is 5.97 Å². The van der Waals surface area contributed by atoms with Crippen molar-refractivity contribution in [2.45, 2.75) is 84.9 Å². The number of hydrogen-bond donors (Lipinski definition) is 0. The number of hydrogen-bond acceptors (Lipinski definition) is 4. The highest BCUT2D eigenvalue weighted by atomic mass is 28.4. The second-order valence-electron chi connectivity index (χ2n) is 10.1. The van der Waals surface area contributed by atoms with Crippen molar-refractivity contribution in [1.29, 1.82) is 0 Å². The zero-order chi connectivity index (χ0) is 22.3. The Morgan fingerprint density at radius 1 is 1.07 bits per heavy atom. The van der Waals surface area contributed by atoms with Gasteiger partial charge in [0, 0.05) is 0 Å². The van der Waals surface area contributed by atoms with Gasteiger partial charge in [-0.15, -0.1) is 6.58 Å². The van der Waals surface area contributed by atoms with E-state index < -0.39 is 19.8 Å². The molecule has 2 atom stereocenters. The average molecular weight is 421 g/mol. The van der Waals surface area contributed by atoms with Crippen molar-refractivity contribution in [3.05, 3.63) is 48.6 Å². The zero-order valence-electron chi connectivity index (χ0n) is 19.6. The molecule has 0 unspecified atom stereocenters. The third-order valence-electron chi connectivity index (χ3n) is 5.41. The topological polar surface area (TPSA) is 44.8 Å². The molecule has 1 aromatic rings. The quantitative estimate of drug-likeness (QED) is 0.259. The van der Waals surface area contributed by atoms with Crippen LogP contribution in [0.25, 0.3) is 0 Å². The lowest BCUT2D eigenvalue weighted by molar-refractivity contribution is -0.170. The number of ether oxygens (including phenoxy) is 2.